The van der Waals surface area contributed by atoms with E-state index in [1.54, 1.807) is 18.2 Å². The lowest BCUT2D eigenvalue weighted by atomic mass is 10.0. The Morgan fingerprint density at radius 1 is 1.00 bits per heavy atom. The maximum Gasteiger partial charge on any atom is 0.240 e. The molecule has 1 aliphatic rings. The molecule has 3 rings (SSSR count). The monoisotopic (exact) mass is 358 g/mol. The fraction of sp³-hybridized carbons (Fsp3) is 0.400. The Balaban J connectivity index is 1.78. The largest absolute Gasteiger partial charge is 0.295 e. The molecule has 134 valence electrons. The summed E-state index contributed by atoms with van der Waals surface area (Å²) < 4.78 is 28.2. The maximum atomic E-state index is 12.7. The van der Waals surface area contributed by atoms with Crippen molar-refractivity contribution in [2.75, 3.05) is 19.6 Å². The van der Waals surface area contributed by atoms with E-state index in [4.69, 9.17) is 0 Å². The fourth-order valence-electron chi connectivity index (χ4n) is 3.42. The first-order valence-electron chi connectivity index (χ1n) is 8.91. The van der Waals surface area contributed by atoms with Crippen molar-refractivity contribution in [1.82, 2.24) is 9.62 Å². The number of hydrogen-bond acceptors (Lipinski definition) is 3. The Labute approximate surface area is 150 Å². The van der Waals surface area contributed by atoms with Crippen LogP contribution in [-0.2, 0) is 10.0 Å². The number of sulfonamides is 1. The summed E-state index contributed by atoms with van der Waals surface area (Å²) in [6.07, 6.45) is 3.61. The van der Waals surface area contributed by atoms with Gasteiger partial charge in [-0.2, -0.15) is 0 Å². The molecule has 0 spiro atoms. The molecule has 1 saturated heterocycles. The van der Waals surface area contributed by atoms with Crippen molar-refractivity contribution >= 4 is 10.0 Å². The summed E-state index contributed by atoms with van der Waals surface area (Å²) in [7, 11) is -3.50. The molecule has 0 radical (unpaired) electrons. The van der Waals surface area contributed by atoms with Gasteiger partial charge < -0.3 is 0 Å². The lowest BCUT2D eigenvalue weighted by molar-refractivity contribution is 0.164. The minimum atomic E-state index is -3.50. The van der Waals surface area contributed by atoms with E-state index in [0.29, 0.717) is 11.4 Å². The number of aryl methyl sites for hydroxylation is 1. The average Bonchev–Trinajstić information content (AvgIpc) is 2.64. The smallest absolute Gasteiger partial charge is 0.240 e. The Kier molecular flexibility index (Phi) is 5.89. The predicted octanol–water partition coefficient (Wildman–Crippen LogP) is 3.50. The Morgan fingerprint density at radius 3 is 2.40 bits per heavy atom. The van der Waals surface area contributed by atoms with Crippen LogP contribution in [0.2, 0.25) is 0 Å². The van der Waals surface area contributed by atoms with E-state index < -0.39 is 10.0 Å². The SMILES string of the molecule is Cc1cccc(S(=O)(=O)NCC(c2ccccc2)N2CCCCC2)c1. The molecule has 0 amide bonds. The first-order valence-corrected chi connectivity index (χ1v) is 10.4. The van der Waals surface area contributed by atoms with E-state index in [2.05, 4.69) is 21.8 Å². The van der Waals surface area contributed by atoms with Crippen LogP contribution in [0, 0.1) is 6.92 Å². The van der Waals surface area contributed by atoms with Crippen LogP contribution < -0.4 is 4.72 Å². The highest BCUT2D eigenvalue weighted by atomic mass is 32.2. The van der Waals surface area contributed by atoms with Crippen LogP contribution in [0.5, 0.6) is 0 Å². The zero-order chi connectivity index (χ0) is 17.7. The van der Waals surface area contributed by atoms with Gasteiger partial charge in [0.05, 0.1) is 4.90 Å². The number of rotatable bonds is 6. The highest BCUT2D eigenvalue weighted by Crippen LogP contribution is 2.24. The van der Waals surface area contributed by atoms with Crippen molar-refractivity contribution in [1.29, 1.82) is 0 Å². The van der Waals surface area contributed by atoms with Gasteiger partial charge in [-0.3, -0.25) is 4.90 Å². The Morgan fingerprint density at radius 2 is 1.72 bits per heavy atom. The van der Waals surface area contributed by atoms with E-state index in [-0.39, 0.29) is 6.04 Å². The van der Waals surface area contributed by atoms with E-state index in [1.807, 2.05) is 31.2 Å². The summed E-state index contributed by atoms with van der Waals surface area (Å²) in [6, 6.07) is 17.3. The predicted molar refractivity (Wildman–Crippen MR) is 101 cm³/mol. The Bertz CT molecular complexity index is 784. The van der Waals surface area contributed by atoms with Gasteiger partial charge in [0.25, 0.3) is 0 Å². The zero-order valence-corrected chi connectivity index (χ0v) is 15.5. The van der Waals surface area contributed by atoms with Gasteiger partial charge in [-0.25, -0.2) is 13.1 Å². The van der Waals surface area contributed by atoms with E-state index in [9.17, 15) is 8.42 Å². The molecule has 1 aliphatic heterocycles. The van der Waals surface area contributed by atoms with Gasteiger partial charge in [-0.1, -0.05) is 48.9 Å². The molecule has 0 aromatic heterocycles. The molecule has 5 heteroatoms. The molecule has 25 heavy (non-hydrogen) atoms. The van der Waals surface area contributed by atoms with Crippen molar-refractivity contribution in [3.8, 4) is 0 Å². The number of piperidine rings is 1. The van der Waals surface area contributed by atoms with Crippen molar-refractivity contribution in [2.45, 2.75) is 37.1 Å². The fourth-order valence-corrected chi connectivity index (χ4v) is 4.56. The number of benzene rings is 2. The molecular formula is C20H26N2O2S. The van der Waals surface area contributed by atoms with Gasteiger partial charge in [0, 0.05) is 12.6 Å². The first-order chi connectivity index (χ1) is 12.1. The van der Waals surface area contributed by atoms with Crippen molar-refractivity contribution in [3.05, 3.63) is 65.7 Å². The zero-order valence-electron chi connectivity index (χ0n) is 14.7. The van der Waals surface area contributed by atoms with Gasteiger partial charge >= 0.3 is 0 Å². The molecule has 2 aromatic rings. The molecule has 1 unspecified atom stereocenters. The molecular weight excluding hydrogens is 332 g/mol. The number of likely N-dealkylation sites (tertiary alicyclic amines) is 1. The summed E-state index contributed by atoms with van der Waals surface area (Å²) in [6.45, 7) is 4.33. The van der Waals surface area contributed by atoms with Crippen molar-refractivity contribution in [3.63, 3.8) is 0 Å². The molecule has 1 heterocycles. The van der Waals surface area contributed by atoms with Gasteiger partial charge in [0.15, 0.2) is 0 Å². The standard InChI is InChI=1S/C20H26N2O2S/c1-17-9-8-12-19(15-17)25(23,24)21-16-20(18-10-4-2-5-11-18)22-13-6-3-7-14-22/h2,4-5,8-12,15,20-21H,3,6-7,13-14,16H2,1H3. The molecule has 1 fully saturated rings. The first kappa shape index (κ1) is 18.1. The Hall–Kier alpha value is -1.69. The van der Waals surface area contributed by atoms with E-state index >= 15 is 0 Å². The molecule has 0 saturated carbocycles. The van der Waals surface area contributed by atoms with E-state index in [1.165, 1.54) is 19.3 Å². The second kappa shape index (κ2) is 8.13. The second-order valence-electron chi connectivity index (χ2n) is 6.69. The third-order valence-corrected chi connectivity index (χ3v) is 6.20. The van der Waals surface area contributed by atoms with Crippen LogP contribution in [0.1, 0.15) is 36.4 Å². The van der Waals surface area contributed by atoms with Crippen LogP contribution in [0.3, 0.4) is 0 Å². The lowest BCUT2D eigenvalue weighted by Crippen LogP contribution is -2.40. The lowest BCUT2D eigenvalue weighted by Gasteiger charge is -2.35. The summed E-state index contributed by atoms with van der Waals surface area (Å²) in [5.74, 6) is 0. The third-order valence-electron chi connectivity index (χ3n) is 4.78. The van der Waals surface area contributed by atoms with Crippen molar-refractivity contribution in [2.24, 2.45) is 0 Å². The second-order valence-corrected chi connectivity index (χ2v) is 8.46. The molecule has 1 N–H and O–H groups in total. The van der Waals surface area contributed by atoms with Crippen LogP contribution >= 0.6 is 0 Å². The maximum absolute atomic E-state index is 12.7. The molecule has 2 aromatic carbocycles. The van der Waals surface area contributed by atoms with Gasteiger partial charge in [-0.05, 0) is 56.1 Å². The minimum Gasteiger partial charge on any atom is -0.295 e. The molecule has 0 aliphatic carbocycles. The van der Waals surface area contributed by atoms with Gasteiger partial charge in [-0.15, -0.1) is 0 Å². The number of nitrogens with one attached hydrogen (secondary N) is 1. The summed E-state index contributed by atoms with van der Waals surface area (Å²) in [5, 5.41) is 0. The van der Waals surface area contributed by atoms with Crippen LogP contribution in [-0.4, -0.2) is 33.0 Å². The van der Waals surface area contributed by atoms with Crippen LogP contribution in [0.4, 0.5) is 0 Å². The molecule has 4 nitrogen and oxygen atoms in total. The molecule has 0 bridgehead atoms. The number of nitrogens with zero attached hydrogens (tertiary/aromatic N) is 1. The van der Waals surface area contributed by atoms with Crippen LogP contribution in [0.25, 0.3) is 0 Å². The summed E-state index contributed by atoms with van der Waals surface area (Å²) >= 11 is 0. The normalized spacial score (nSPS) is 17.3. The molecule has 1 atom stereocenters. The topological polar surface area (TPSA) is 49.4 Å². The third kappa shape index (κ3) is 4.69. The van der Waals surface area contributed by atoms with Crippen molar-refractivity contribution < 1.29 is 8.42 Å². The highest BCUT2D eigenvalue weighted by Gasteiger charge is 2.24. The van der Waals surface area contributed by atoms with E-state index in [0.717, 1.165) is 24.2 Å². The summed E-state index contributed by atoms with van der Waals surface area (Å²) in [4.78, 5) is 2.73. The van der Waals surface area contributed by atoms with Gasteiger partial charge in [0.2, 0.25) is 10.0 Å². The van der Waals surface area contributed by atoms with Crippen LogP contribution in [0.15, 0.2) is 59.5 Å². The number of hydrogen-bond donors (Lipinski definition) is 1. The average molecular weight is 359 g/mol. The minimum absolute atomic E-state index is 0.0704. The summed E-state index contributed by atoms with van der Waals surface area (Å²) in [5.41, 5.74) is 2.11. The van der Waals surface area contributed by atoms with Gasteiger partial charge in [0.1, 0.15) is 0 Å². The quantitative estimate of drug-likeness (QED) is 0.860. The highest BCUT2D eigenvalue weighted by molar-refractivity contribution is 7.89.